The van der Waals surface area contributed by atoms with Crippen LogP contribution in [0, 0.1) is 11.8 Å². The van der Waals surface area contributed by atoms with Gasteiger partial charge in [-0.3, -0.25) is 4.79 Å². The van der Waals surface area contributed by atoms with E-state index in [9.17, 15) is 21.6 Å². The lowest BCUT2D eigenvalue weighted by Gasteiger charge is -2.30. The zero-order valence-corrected chi connectivity index (χ0v) is 15.5. The topological polar surface area (TPSA) is 110 Å². The Labute approximate surface area is 138 Å². The fraction of sp³-hybridized carbons (Fsp3) is 0.923. The molecular weight excluding hydrogens is 344 g/mol. The molecule has 136 valence electrons. The maximum Gasteiger partial charge on any atom is 0.309 e. The molecule has 0 bridgehead atoms. The normalized spacial score (nSPS) is 19.4. The summed E-state index contributed by atoms with van der Waals surface area (Å²) < 4.78 is 55.6. The summed E-state index contributed by atoms with van der Waals surface area (Å²) >= 11 is 0. The number of hydrogen-bond donors (Lipinski definition) is 1. The number of nitrogens with zero attached hydrogens (tertiary/aromatic N) is 1. The second kappa shape index (κ2) is 8.41. The van der Waals surface area contributed by atoms with E-state index >= 15 is 0 Å². The lowest BCUT2D eigenvalue weighted by atomic mass is 10.0. The molecule has 1 aliphatic heterocycles. The van der Waals surface area contributed by atoms with Gasteiger partial charge in [0.25, 0.3) is 0 Å². The molecule has 0 aromatic rings. The monoisotopic (exact) mass is 370 g/mol. The van der Waals surface area contributed by atoms with Crippen molar-refractivity contribution in [3.8, 4) is 0 Å². The number of piperidine rings is 1. The lowest BCUT2D eigenvalue weighted by molar-refractivity contribution is -0.147. The molecular formula is C13H26N2O6S2. The van der Waals surface area contributed by atoms with Gasteiger partial charge in [0.15, 0.2) is 0 Å². The van der Waals surface area contributed by atoms with Crippen molar-refractivity contribution in [1.29, 1.82) is 0 Å². The molecule has 0 radical (unpaired) electrons. The maximum atomic E-state index is 12.1. The van der Waals surface area contributed by atoms with E-state index in [1.165, 1.54) is 4.31 Å². The van der Waals surface area contributed by atoms with E-state index in [0.717, 1.165) is 6.26 Å². The summed E-state index contributed by atoms with van der Waals surface area (Å²) in [5.41, 5.74) is 0. The summed E-state index contributed by atoms with van der Waals surface area (Å²) in [4.78, 5) is 11.5. The van der Waals surface area contributed by atoms with Gasteiger partial charge < -0.3 is 4.74 Å². The fourth-order valence-electron chi connectivity index (χ4n) is 2.40. The molecule has 0 aliphatic carbocycles. The Hall–Kier alpha value is -0.710. The third kappa shape index (κ3) is 7.15. The Morgan fingerprint density at radius 2 is 1.83 bits per heavy atom. The number of nitrogens with one attached hydrogen (secondary N) is 1. The standard InChI is InChI=1S/C13H26N2O6S2/c1-4-21-13(16)11(2)9-14-23(19,20)10-12-5-7-15(8-6-12)22(3,17)18/h11-12,14H,4-10H2,1-3H3/t11-/m0/s1. The smallest absolute Gasteiger partial charge is 0.309 e. The van der Waals surface area contributed by atoms with Crippen LogP contribution in [-0.4, -0.2) is 65.4 Å². The number of carbonyl (C=O) groups excluding carboxylic acids is 1. The second-order valence-corrected chi connectivity index (χ2v) is 9.72. The van der Waals surface area contributed by atoms with Crippen LogP contribution in [0.25, 0.3) is 0 Å². The first kappa shape index (κ1) is 20.3. The molecule has 0 aromatic carbocycles. The minimum absolute atomic E-state index is 0.00332. The molecule has 1 rings (SSSR count). The Morgan fingerprint density at radius 1 is 1.26 bits per heavy atom. The number of sulfonamides is 2. The largest absolute Gasteiger partial charge is 0.466 e. The van der Waals surface area contributed by atoms with E-state index in [-0.39, 0.29) is 24.8 Å². The molecule has 0 unspecified atom stereocenters. The van der Waals surface area contributed by atoms with Crippen molar-refractivity contribution in [2.45, 2.75) is 26.7 Å². The molecule has 8 nitrogen and oxygen atoms in total. The van der Waals surface area contributed by atoms with Crippen LogP contribution in [0.1, 0.15) is 26.7 Å². The Kier molecular flexibility index (Phi) is 7.43. The first-order valence-electron chi connectivity index (χ1n) is 7.64. The Morgan fingerprint density at radius 3 is 2.30 bits per heavy atom. The minimum Gasteiger partial charge on any atom is -0.466 e. The summed E-state index contributed by atoms with van der Waals surface area (Å²) in [6.07, 6.45) is 2.19. The quantitative estimate of drug-likeness (QED) is 0.591. The summed E-state index contributed by atoms with van der Waals surface area (Å²) in [6, 6.07) is 0. The molecule has 0 amide bonds. The summed E-state index contributed by atoms with van der Waals surface area (Å²) in [5, 5.41) is 0. The van der Waals surface area contributed by atoms with Gasteiger partial charge in [0, 0.05) is 19.6 Å². The van der Waals surface area contributed by atoms with Crippen LogP contribution in [0.4, 0.5) is 0 Å². The van der Waals surface area contributed by atoms with E-state index < -0.39 is 31.9 Å². The molecule has 23 heavy (non-hydrogen) atoms. The number of carbonyl (C=O) groups is 1. The van der Waals surface area contributed by atoms with Crippen molar-refractivity contribution in [2.75, 3.05) is 38.2 Å². The van der Waals surface area contributed by atoms with E-state index in [0.29, 0.717) is 25.9 Å². The molecule has 1 saturated heterocycles. The summed E-state index contributed by atoms with van der Waals surface area (Å²) in [5.74, 6) is -1.11. The van der Waals surface area contributed by atoms with E-state index in [1.54, 1.807) is 13.8 Å². The third-order valence-corrected chi connectivity index (χ3v) is 6.62. The van der Waals surface area contributed by atoms with Crippen LogP contribution < -0.4 is 4.72 Å². The van der Waals surface area contributed by atoms with Gasteiger partial charge in [0.1, 0.15) is 0 Å². The average Bonchev–Trinajstić information content (AvgIpc) is 2.44. The highest BCUT2D eigenvalue weighted by atomic mass is 32.2. The van der Waals surface area contributed by atoms with Crippen LogP contribution in [0.5, 0.6) is 0 Å². The predicted octanol–water partition coefficient (Wildman–Crippen LogP) is -0.223. The highest BCUT2D eigenvalue weighted by molar-refractivity contribution is 7.89. The number of rotatable bonds is 8. The first-order chi connectivity index (χ1) is 10.5. The van der Waals surface area contributed by atoms with Crippen LogP contribution in [0.2, 0.25) is 0 Å². The van der Waals surface area contributed by atoms with E-state index in [2.05, 4.69) is 4.72 Å². The molecule has 1 aliphatic rings. The summed E-state index contributed by atoms with van der Waals surface area (Å²) in [7, 11) is -6.72. The van der Waals surface area contributed by atoms with Gasteiger partial charge in [-0.25, -0.2) is 25.9 Å². The highest BCUT2D eigenvalue weighted by Crippen LogP contribution is 2.20. The van der Waals surface area contributed by atoms with Gasteiger partial charge in [0.2, 0.25) is 20.0 Å². The van der Waals surface area contributed by atoms with Crippen LogP contribution >= 0.6 is 0 Å². The Bertz CT molecular complexity index is 594. The van der Waals surface area contributed by atoms with Gasteiger partial charge >= 0.3 is 5.97 Å². The molecule has 1 atom stereocenters. The number of esters is 1. The zero-order chi connectivity index (χ0) is 17.7. The number of hydrogen-bond acceptors (Lipinski definition) is 6. The molecule has 1 heterocycles. The summed E-state index contributed by atoms with van der Waals surface area (Å²) in [6.45, 7) is 4.25. The van der Waals surface area contributed by atoms with Crippen molar-refractivity contribution in [3.05, 3.63) is 0 Å². The molecule has 0 saturated carbocycles. The van der Waals surface area contributed by atoms with Gasteiger partial charge in [-0.05, 0) is 25.7 Å². The van der Waals surface area contributed by atoms with Crippen LogP contribution in [0.15, 0.2) is 0 Å². The molecule has 0 aromatic heterocycles. The van der Waals surface area contributed by atoms with E-state index in [4.69, 9.17) is 4.74 Å². The SMILES string of the molecule is CCOC(=O)[C@@H](C)CNS(=O)(=O)CC1CCN(S(C)(=O)=O)CC1. The number of ether oxygens (including phenoxy) is 1. The van der Waals surface area contributed by atoms with Crippen molar-refractivity contribution in [3.63, 3.8) is 0 Å². The highest BCUT2D eigenvalue weighted by Gasteiger charge is 2.28. The van der Waals surface area contributed by atoms with Crippen LogP contribution in [-0.2, 0) is 29.6 Å². The lowest BCUT2D eigenvalue weighted by Crippen LogP contribution is -2.41. The minimum atomic E-state index is -3.50. The van der Waals surface area contributed by atoms with Gasteiger partial charge in [-0.1, -0.05) is 6.92 Å². The predicted molar refractivity (Wildman–Crippen MR) is 86.7 cm³/mol. The van der Waals surface area contributed by atoms with Gasteiger partial charge in [-0.2, -0.15) is 0 Å². The fourth-order valence-corrected chi connectivity index (χ4v) is 4.85. The van der Waals surface area contributed by atoms with Crippen molar-refractivity contribution < 1.29 is 26.4 Å². The van der Waals surface area contributed by atoms with E-state index in [1.807, 2.05) is 0 Å². The molecule has 0 spiro atoms. The van der Waals surface area contributed by atoms with Gasteiger partial charge in [-0.15, -0.1) is 0 Å². The Balaban J connectivity index is 2.43. The van der Waals surface area contributed by atoms with Crippen LogP contribution in [0.3, 0.4) is 0 Å². The maximum absolute atomic E-state index is 12.1. The first-order valence-corrected chi connectivity index (χ1v) is 11.1. The molecule has 1 N–H and O–H groups in total. The molecule has 10 heteroatoms. The second-order valence-electron chi connectivity index (χ2n) is 5.89. The van der Waals surface area contributed by atoms with Crippen molar-refractivity contribution >= 4 is 26.0 Å². The third-order valence-electron chi connectivity index (χ3n) is 3.80. The van der Waals surface area contributed by atoms with Crippen molar-refractivity contribution in [1.82, 2.24) is 9.03 Å². The zero-order valence-electron chi connectivity index (χ0n) is 13.8. The molecule has 1 fully saturated rings. The van der Waals surface area contributed by atoms with Crippen molar-refractivity contribution in [2.24, 2.45) is 11.8 Å². The average molecular weight is 370 g/mol. The van der Waals surface area contributed by atoms with Gasteiger partial charge in [0.05, 0.1) is 24.5 Å².